The Bertz CT molecular complexity index is 452. The van der Waals surface area contributed by atoms with Gasteiger partial charge >= 0.3 is 5.97 Å². The van der Waals surface area contributed by atoms with Crippen molar-refractivity contribution in [2.24, 2.45) is 0 Å². The van der Waals surface area contributed by atoms with Gasteiger partial charge in [0.05, 0.1) is 13.2 Å². The van der Waals surface area contributed by atoms with Crippen LogP contribution in [0.15, 0.2) is 0 Å². The maximum atomic E-state index is 11.7. The summed E-state index contributed by atoms with van der Waals surface area (Å²) in [7, 11) is 0. The van der Waals surface area contributed by atoms with Gasteiger partial charge in [-0.05, 0) is 0 Å². The molecule has 2 heterocycles. The summed E-state index contributed by atoms with van der Waals surface area (Å²) < 4.78 is 14.7. The number of carbonyl (C=O) groups excluding carboxylic acids is 2. The molecule has 2 aliphatic rings. The van der Waals surface area contributed by atoms with Crippen LogP contribution in [-0.2, 0) is 23.8 Å². The molecule has 132 valence electrons. The Kier molecular flexibility index (Phi) is 5.65. The van der Waals surface area contributed by atoms with E-state index in [1.165, 1.54) is 0 Å². The van der Waals surface area contributed by atoms with Crippen LogP contribution in [0, 0.1) is 0 Å². The number of hydrogen-bond donors (Lipinski definition) is 6. The molecule has 2 saturated heterocycles. The van der Waals surface area contributed by atoms with Crippen molar-refractivity contribution in [1.82, 2.24) is 0 Å². The van der Waals surface area contributed by atoms with E-state index >= 15 is 0 Å². The van der Waals surface area contributed by atoms with Crippen molar-refractivity contribution in [1.29, 1.82) is 0 Å². The zero-order chi connectivity index (χ0) is 17.3. The Morgan fingerprint density at radius 1 is 1.09 bits per heavy atom. The lowest BCUT2D eigenvalue weighted by molar-refractivity contribution is -0.312. The second-order valence-electron chi connectivity index (χ2n) is 5.24. The van der Waals surface area contributed by atoms with Crippen molar-refractivity contribution in [3.63, 3.8) is 0 Å². The number of esters is 1. The van der Waals surface area contributed by atoms with Crippen molar-refractivity contribution in [3.05, 3.63) is 0 Å². The van der Waals surface area contributed by atoms with Crippen LogP contribution in [0.4, 0.5) is 0 Å². The quantitative estimate of drug-likeness (QED) is 0.208. The molecule has 6 N–H and O–H groups in total. The molecule has 0 saturated carbocycles. The van der Waals surface area contributed by atoms with Gasteiger partial charge in [-0.1, -0.05) is 0 Å². The molecule has 8 atom stereocenters. The van der Waals surface area contributed by atoms with Crippen molar-refractivity contribution in [2.45, 2.75) is 49.0 Å². The Hall–Kier alpha value is -1.18. The first-order chi connectivity index (χ1) is 10.8. The lowest BCUT2D eigenvalue weighted by Crippen LogP contribution is -2.60. The summed E-state index contributed by atoms with van der Waals surface area (Å²) in [5, 5.41) is 56.6. The summed E-state index contributed by atoms with van der Waals surface area (Å²) in [5.41, 5.74) is 0. The minimum Gasteiger partial charge on any atom is -0.450 e. The summed E-state index contributed by atoms with van der Waals surface area (Å²) in [6.45, 7) is -1.53. The van der Waals surface area contributed by atoms with Gasteiger partial charge < -0.3 is 44.8 Å². The molecule has 0 aromatic heterocycles. The standard InChI is InChI=1S/C12H18O11/c13-1-3(15)9-10(8(19)11(20)22-9)23-12-7(18)6(17)5(16)4(2-14)21-12/h3-7,9-10,12-18H,1-2H2/t3-,4+,5+,6-,7+,9+,10?,12-/m0/s1. The van der Waals surface area contributed by atoms with E-state index in [4.69, 9.17) is 19.7 Å². The summed E-state index contributed by atoms with van der Waals surface area (Å²) in [5.74, 6) is -2.46. The molecule has 2 rings (SSSR count). The van der Waals surface area contributed by atoms with Gasteiger partial charge in [0, 0.05) is 0 Å². The van der Waals surface area contributed by atoms with Gasteiger partial charge in [0.1, 0.15) is 30.5 Å². The molecule has 0 bridgehead atoms. The highest BCUT2D eigenvalue weighted by atomic mass is 16.7. The number of aliphatic hydroxyl groups is 6. The number of carbonyl (C=O) groups is 2. The SMILES string of the molecule is O=C1O[C@H]([C@@H](O)CO)C(O[C@@H]2O[C@H](CO)[C@@H](O)[C@H](O)[C@H]2O)C1=O. The van der Waals surface area contributed by atoms with Gasteiger partial charge in [-0.15, -0.1) is 0 Å². The number of ketones is 1. The van der Waals surface area contributed by atoms with E-state index in [0.717, 1.165) is 0 Å². The summed E-state index contributed by atoms with van der Waals surface area (Å²) in [4.78, 5) is 23.0. The fraction of sp³-hybridized carbons (Fsp3) is 0.833. The molecule has 2 aliphatic heterocycles. The van der Waals surface area contributed by atoms with Crippen LogP contribution in [0.3, 0.4) is 0 Å². The molecule has 0 aromatic rings. The zero-order valence-electron chi connectivity index (χ0n) is 11.8. The van der Waals surface area contributed by atoms with Gasteiger partial charge in [0.25, 0.3) is 5.78 Å². The number of hydrogen-bond acceptors (Lipinski definition) is 11. The van der Waals surface area contributed by atoms with Crippen molar-refractivity contribution in [3.8, 4) is 0 Å². The van der Waals surface area contributed by atoms with Gasteiger partial charge in [-0.3, -0.25) is 4.79 Å². The third kappa shape index (κ3) is 3.36. The van der Waals surface area contributed by atoms with Crippen LogP contribution in [-0.4, -0.2) is 105 Å². The lowest BCUT2D eigenvalue weighted by atomic mass is 9.99. The summed E-state index contributed by atoms with van der Waals surface area (Å²) in [6, 6.07) is 0. The Morgan fingerprint density at radius 2 is 1.74 bits per heavy atom. The topological polar surface area (TPSA) is 183 Å². The molecule has 1 unspecified atom stereocenters. The average molecular weight is 338 g/mol. The van der Waals surface area contributed by atoms with Gasteiger partial charge in [-0.25, -0.2) is 4.79 Å². The Balaban J connectivity index is 2.15. The molecule has 23 heavy (non-hydrogen) atoms. The molecule has 0 aliphatic carbocycles. The number of ether oxygens (including phenoxy) is 3. The van der Waals surface area contributed by atoms with E-state index in [9.17, 15) is 30.0 Å². The first-order valence-corrected chi connectivity index (χ1v) is 6.81. The molecule has 11 heteroatoms. The highest BCUT2D eigenvalue weighted by molar-refractivity contribution is 6.37. The first kappa shape index (κ1) is 18.2. The van der Waals surface area contributed by atoms with E-state index in [-0.39, 0.29) is 0 Å². The van der Waals surface area contributed by atoms with E-state index < -0.39 is 74.0 Å². The fourth-order valence-corrected chi connectivity index (χ4v) is 2.36. The fourth-order valence-electron chi connectivity index (χ4n) is 2.36. The molecule has 0 radical (unpaired) electrons. The normalized spacial score (nSPS) is 42.6. The molecular formula is C12H18O11. The average Bonchev–Trinajstić information content (AvgIpc) is 2.82. The molecule has 2 fully saturated rings. The van der Waals surface area contributed by atoms with Crippen LogP contribution in [0.25, 0.3) is 0 Å². The van der Waals surface area contributed by atoms with Gasteiger partial charge in [-0.2, -0.15) is 0 Å². The Morgan fingerprint density at radius 3 is 2.30 bits per heavy atom. The number of Topliss-reactive ketones (excluding diaryl/α,β-unsaturated/α-hetero) is 1. The van der Waals surface area contributed by atoms with Crippen LogP contribution in [0.5, 0.6) is 0 Å². The maximum absolute atomic E-state index is 11.7. The number of cyclic esters (lactones) is 1. The van der Waals surface area contributed by atoms with E-state index in [1.54, 1.807) is 0 Å². The summed E-state index contributed by atoms with van der Waals surface area (Å²) >= 11 is 0. The van der Waals surface area contributed by atoms with Crippen LogP contribution in [0.2, 0.25) is 0 Å². The highest BCUT2D eigenvalue weighted by Gasteiger charge is 2.52. The highest BCUT2D eigenvalue weighted by Crippen LogP contribution is 2.27. The van der Waals surface area contributed by atoms with Crippen LogP contribution < -0.4 is 0 Å². The summed E-state index contributed by atoms with van der Waals surface area (Å²) in [6.07, 6.45) is -12.9. The predicted octanol–water partition coefficient (Wildman–Crippen LogP) is -4.98. The molecular weight excluding hydrogens is 320 g/mol. The van der Waals surface area contributed by atoms with E-state index in [0.29, 0.717) is 0 Å². The molecule has 0 spiro atoms. The van der Waals surface area contributed by atoms with E-state index in [1.807, 2.05) is 0 Å². The molecule has 0 amide bonds. The first-order valence-electron chi connectivity index (χ1n) is 6.81. The van der Waals surface area contributed by atoms with Crippen LogP contribution in [0.1, 0.15) is 0 Å². The third-order valence-electron chi connectivity index (χ3n) is 3.70. The predicted molar refractivity (Wildman–Crippen MR) is 66.6 cm³/mol. The second kappa shape index (κ2) is 7.15. The number of rotatable bonds is 5. The minimum atomic E-state index is -1.79. The van der Waals surface area contributed by atoms with Gasteiger partial charge in [0.2, 0.25) is 0 Å². The molecule has 0 aromatic carbocycles. The zero-order valence-corrected chi connectivity index (χ0v) is 11.8. The third-order valence-corrected chi connectivity index (χ3v) is 3.70. The van der Waals surface area contributed by atoms with Crippen LogP contribution >= 0.6 is 0 Å². The number of aliphatic hydroxyl groups excluding tert-OH is 6. The smallest absolute Gasteiger partial charge is 0.378 e. The second-order valence-corrected chi connectivity index (χ2v) is 5.24. The van der Waals surface area contributed by atoms with Gasteiger partial charge in [0.15, 0.2) is 18.5 Å². The Labute approximate surface area is 129 Å². The monoisotopic (exact) mass is 338 g/mol. The lowest BCUT2D eigenvalue weighted by Gasteiger charge is -2.40. The van der Waals surface area contributed by atoms with Crippen molar-refractivity contribution < 1.29 is 54.4 Å². The largest absolute Gasteiger partial charge is 0.450 e. The minimum absolute atomic E-state index is 0.707. The molecule has 11 nitrogen and oxygen atoms in total. The van der Waals surface area contributed by atoms with Crippen molar-refractivity contribution >= 4 is 11.8 Å². The maximum Gasteiger partial charge on any atom is 0.378 e. The van der Waals surface area contributed by atoms with Crippen molar-refractivity contribution in [2.75, 3.05) is 13.2 Å². The van der Waals surface area contributed by atoms with E-state index in [2.05, 4.69) is 4.74 Å².